The minimum atomic E-state index is -0.0924. The second kappa shape index (κ2) is 10.3. The molecule has 4 rings (SSSR count). The van der Waals surface area contributed by atoms with Gasteiger partial charge in [0.1, 0.15) is 0 Å². The van der Waals surface area contributed by atoms with Crippen molar-refractivity contribution in [2.24, 2.45) is 0 Å². The number of amides is 2. The van der Waals surface area contributed by atoms with Gasteiger partial charge in [0.15, 0.2) is 18.1 Å². The summed E-state index contributed by atoms with van der Waals surface area (Å²) in [5.41, 5.74) is 2.50. The fourth-order valence-corrected chi connectivity index (χ4v) is 4.53. The number of carbonyl (C=O) groups excluding carboxylic acids is 2. The summed E-state index contributed by atoms with van der Waals surface area (Å²) in [6.07, 6.45) is 5.04. The van der Waals surface area contributed by atoms with Crippen molar-refractivity contribution in [1.29, 1.82) is 0 Å². The molecule has 0 spiro atoms. The summed E-state index contributed by atoms with van der Waals surface area (Å²) in [6, 6.07) is 10.8. The lowest BCUT2D eigenvalue weighted by Crippen LogP contribution is -2.38. The molecule has 1 fully saturated rings. The maximum Gasteiger partial charge on any atom is 0.260 e. The molecule has 170 valence electrons. The smallest absolute Gasteiger partial charge is 0.260 e. The average molecular weight is 457 g/mol. The minimum absolute atomic E-state index is 0.0177. The second-order valence-electron chi connectivity index (χ2n) is 8.16. The lowest BCUT2D eigenvalue weighted by Gasteiger charge is -2.30. The fourth-order valence-electron chi connectivity index (χ4n) is 4.34. The second-order valence-corrected chi connectivity index (χ2v) is 8.59. The number of ether oxygens (including phenoxy) is 2. The number of hydrogen-bond acceptors (Lipinski definition) is 4. The molecule has 2 aliphatic heterocycles. The molecule has 0 saturated carbocycles. The van der Waals surface area contributed by atoms with E-state index in [1.54, 1.807) is 23.1 Å². The minimum Gasteiger partial charge on any atom is -0.490 e. The number of anilines is 1. The number of rotatable bonds is 6. The van der Waals surface area contributed by atoms with Gasteiger partial charge in [-0.25, -0.2) is 0 Å². The van der Waals surface area contributed by atoms with E-state index in [0.717, 1.165) is 50.0 Å². The zero-order chi connectivity index (χ0) is 22.5. The molecule has 2 amide bonds. The highest BCUT2D eigenvalue weighted by molar-refractivity contribution is 6.30. The van der Waals surface area contributed by atoms with Crippen LogP contribution in [0, 0.1) is 0 Å². The molecule has 0 atom stereocenters. The standard InChI is InChI=1S/C25H29ClN2O4/c1-2-31-23-16-19(8-11-22(23)32-17-24(29)27-12-4-3-5-13-27)25(30)28-14-6-7-18-15-20(26)9-10-21(18)28/h8-11,15-16H,2-7,12-14,17H2,1H3. The van der Waals surface area contributed by atoms with Gasteiger partial charge in [-0.15, -0.1) is 0 Å². The molecule has 2 aromatic carbocycles. The first-order valence-electron chi connectivity index (χ1n) is 11.3. The molecular weight excluding hydrogens is 428 g/mol. The van der Waals surface area contributed by atoms with Gasteiger partial charge in [0.05, 0.1) is 6.61 Å². The van der Waals surface area contributed by atoms with E-state index < -0.39 is 0 Å². The third-order valence-corrected chi connectivity index (χ3v) is 6.19. The van der Waals surface area contributed by atoms with Gasteiger partial charge >= 0.3 is 0 Å². The summed E-state index contributed by atoms with van der Waals surface area (Å²) in [6.45, 7) is 4.50. The molecule has 0 aliphatic carbocycles. The molecule has 2 heterocycles. The van der Waals surface area contributed by atoms with Crippen LogP contribution in [-0.4, -0.2) is 49.6 Å². The topological polar surface area (TPSA) is 59.1 Å². The largest absolute Gasteiger partial charge is 0.490 e. The monoisotopic (exact) mass is 456 g/mol. The summed E-state index contributed by atoms with van der Waals surface area (Å²) in [7, 11) is 0. The molecule has 0 unspecified atom stereocenters. The van der Waals surface area contributed by atoms with E-state index in [4.69, 9.17) is 21.1 Å². The van der Waals surface area contributed by atoms with Gasteiger partial charge in [-0.3, -0.25) is 9.59 Å². The highest BCUT2D eigenvalue weighted by Crippen LogP contribution is 2.33. The predicted octanol–water partition coefficient (Wildman–Crippen LogP) is 4.72. The first-order chi connectivity index (χ1) is 15.6. The van der Waals surface area contributed by atoms with Crippen LogP contribution < -0.4 is 14.4 Å². The van der Waals surface area contributed by atoms with Crippen molar-refractivity contribution >= 4 is 29.1 Å². The number of nitrogens with zero attached hydrogens (tertiary/aromatic N) is 2. The van der Waals surface area contributed by atoms with Crippen molar-refractivity contribution in [2.75, 3.05) is 37.7 Å². The Morgan fingerprint density at radius 1 is 0.938 bits per heavy atom. The van der Waals surface area contributed by atoms with E-state index in [0.29, 0.717) is 35.2 Å². The van der Waals surface area contributed by atoms with Crippen molar-refractivity contribution in [3.63, 3.8) is 0 Å². The summed E-state index contributed by atoms with van der Waals surface area (Å²) in [4.78, 5) is 29.4. The maximum absolute atomic E-state index is 13.3. The Bertz CT molecular complexity index is 988. The van der Waals surface area contributed by atoms with Crippen LogP contribution in [0.4, 0.5) is 5.69 Å². The van der Waals surface area contributed by atoms with E-state index in [2.05, 4.69) is 0 Å². The lowest BCUT2D eigenvalue weighted by atomic mass is 10.0. The van der Waals surface area contributed by atoms with Gasteiger partial charge in [-0.1, -0.05) is 11.6 Å². The normalized spacial score (nSPS) is 15.8. The Kier molecular flexibility index (Phi) is 7.20. The molecule has 2 aliphatic rings. The third kappa shape index (κ3) is 5.01. The number of carbonyl (C=O) groups is 2. The molecule has 0 N–H and O–H groups in total. The van der Waals surface area contributed by atoms with Gasteiger partial charge in [-0.2, -0.15) is 0 Å². The molecule has 1 saturated heterocycles. The van der Waals surface area contributed by atoms with E-state index in [1.807, 2.05) is 30.0 Å². The van der Waals surface area contributed by atoms with E-state index in [-0.39, 0.29) is 18.4 Å². The average Bonchev–Trinajstić information content (AvgIpc) is 2.82. The first-order valence-corrected chi connectivity index (χ1v) is 11.7. The number of hydrogen-bond donors (Lipinski definition) is 0. The molecule has 2 aromatic rings. The van der Waals surface area contributed by atoms with Crippen LogP contribution in [0.15, 0.2) is 36.4 Å². The van der Waals surface area contributed by atoms with Crippen LogP contribution >= 0.6 is 11.6 Å². The molecule has 32 heavy (non-hydrogen) atoms. The summed E-state index contributed by atoms with van der Waals surface area (Å²) >= 11 is 6.13. The van der Waals surface area contributed by atoms with Crippen LogP contribution in [0.25, 0.3) is 0 Å². The lowest BCUT2D eigenvalue weighted by molar-refractivity contribution is -0.134. The van der Waals surface area contributed by atoms with E-state index in [9.17, 15) is 9.59 Å². The Hall–Kier alpha value is -2.73. The number of halogens is 1. The van der Waals surface area contributed by atoms with Crippen molar-refractivity contribution in [1.82, 2.24) is 4.90 Å². The number of piperidine rings is 1. The number of likely N-dealkylation sites (tertiary alicyclic amines) is 1. The van der Waals surface area contributed by atoms with Gasteiger partial charge < -0.3 is 19.3 Å². The van der Waals surface area contributed by atoms with Gasteiger partial charge in [0.25, 0.3) is 11.8 Å². The van der Waals surface area contributed by atoms with Crippen molar-refractivity contribution in [3.8, 4) is 11.5 Å². The summed E-state index contributed by atoms with van der Waals surface area (Å²) in [5, 5.41) is 0.678. The Morgan fingerprint density at radius 3 is 2.53 bits per heavy atom. The maximum atomic E-state index is 13.3. The SMILES string of the molecule is CCOc1cc(C(=O)N2CCCc3cc(Cl)ccc32)ccc1OCC(=O)N1CCCCC1. The van der Waals surface area contributed by atoms with Crippen LogP contribution in [0.2, 0.25) is 5.02 Å². The van der Waals surface area contributed by atoms with Crippen LogP contribution in [0.3, 0.4) is 0 Å². The molecule has 0 radical (unpaired) electrons. The van der Waals surface area contributed by atoms with Crippen molar-refractivity contribution in [3.05, 3.63) is 52.5 Å². The molecule has 7 heteroatoms. The zero-order valence-electron chi connectivity index (χ0n) is 18.4. The highest BCUT2D eigenvalue weighted by atomic mass is 35.5. The van der Waals surface area contributed by atoms with E-state index >= 15 is 0 Å². The van der Waals surface area contributed by atoms with Crippen molar-refractivity contribution < 1.29 is 19.1 Å². The van der Waals surface area contributed by atoms with E-state index in [1.165, 1.54) is 6.42 Å². The van der Waals surface area contributed by atoms with Gasteiger partial charge in [0, 0.05) is 35.9 Å². The Morgan fingerprint density at radius 2 is 1.75 bits per heavy atom. The number of benzene rings is 2. The van der Waals surface area contributed by atoms with Crippen LogP contribution in [-0.2, 0) is 11.2 Å². The predicted molar refractivity (Wildman–Crippen MR) is 125 cm³/mol. The molecule has 0 aromatic heterocycles. The third-order valence-electron chi connectivity index (χ3n) is 5.96. The van der Waals surface area contributed by atoms with Crippen LogP contribution in [0.5, 0.6) is 11.5 Å². The zero-order valence-corrected chi connectivity index (χ0v) is 19.2. The first kappa shape index (κ1) is 22.5. The van der Waals surface area contributed by atoms with Crippen LogP contribution in [0.1, 0.15) is 48.5 Å². The molecule has 0 bridgehead atoms. The number of fused-ring (bicyclic) bond motifs is 1. The Labute approximate surface area is 194 Å². The van der Waals surface area contributed by atoms with Gasteiger partial charge in [-0.05, 0) is 81.0 Å². The fraction of sp³-hybridized carbons (Fsp3) is 0.440. The molecule has 6 nitrogen and oxygen atoms in total. The quantitative estimate of drug-likeness (QED) is 0.630. The highest BCUT2D eigenvalue weighted by Gasteiger charge is 2.25. The van der Waals surface area contributed by atoms with Crippen molar-refractivity contribution in [2.45, 2.75) is 39.0 Å². The summed E-state index contributed by atoms with van der Waals surface area (Å²) < 4.78 is 11.5. The van der Waals surface area contributed by atoms with Gasteiger partial charge in [0.2, 0.25) is 0 Å². The summed E-state index contributed by atoms with van der Waals surface area (Å²) in [5.74, 6) is 0.832. The Balaban J connectivity index is 1.50. The number of aryl methyl sites for hydroxylation is 1. The molecular formula is C25H29ClN2O4.